The van der Waals surface area contributed by atoms with Gasteiger partial charge in [0.2, 0.25) is 0 Å². The van der Waals surface area contributed by atoms with Crippen LogP contribution in [0, 0.1) is 20.8 Å². The number of carbonyl (C=O) groups is 2. The first kappa shape index (κ1) is 37.9. The van der Waals surface area contributed by atoms with Gasteiger partial charge in [-0.25, -0.2) is 9.59 Å². The molecule has 0 spiro atoms. The third kappa shape index (κ3) is 11.9. The van der Waals surface area contributed by atoms with Crippen LogP contribution < -0.4 is 13.6 Å². The van der Waals surface area contributed by atoms with Crippen LogP contribution in [0.2, 0.25) is 0 Å². The van der Waals surface area contributed by atoms with Crippen LogP contribution in [0.25, 0.3) is 0 Å². The smallest absolute Gasteiger partial charge is 0.478 e. The van der Waals surface area contributed by atoms with Crippen LogP contribution in [0.1, 0.15) is 101 Å². The van der Waals surface area contributed by atoms with Crippen molar-refractivity contribution in [1.29, 1.82) is 0 Å². The standard InChI is InChI=1S/C21H21O4P.C18H26O4/c1-16-4-10-19(11-5-16)23-26(22,24-20-12-6-17(2)7-13-20)25-21-14-8-18(3)9-15-21;1-3-5-7-9-13-11-12-15(17(19)20)16(18(21)22)14(13)10-8-6-4-2/h4-15H,1-3H3;11-12H,3-10H2,1-2H3,(H,19,20)(H,21,22). The van der Waals surface area contributed by atoms with E-state index in [1.165, 1.54) is 6.07 Å². The highest BCUT2D eigenvalue weighted by atomic mass is 31.2. The molecule has 0 aliphatic rings. The lowest BCUT2D eigenvalue weighted by Crippen LogP contribution is -2.14. The van der Waals surface area contributed by atoms with E-state index < -0.39 is 19.8 Å². The quantitative estimate of drug-likeness (QED) is 0.0890. The van der Waals surface area contributed by atoms with E-state index in [1.54, 1.807) is 42.5 Å². The molecular formula is C39H47O8P. The minimum absolute atomic E-state index is 0.0161. The SMILES string of the molecule is CCCCCc1ccc(C(=O)O)c(C(=O)O)c1CCCCC.Cc1ccc(OP(=O)(Oc2ccc(C)cc2)Oc2ccc(C)cc2)cc1. The second-order valence-corrected chi connectivity index (χ2v) is 13.3. The van der Waals surface area contributed by atoms with Crippen LogP contribution >= 0.6 is 7.82 Å². The molecule has 4 rings (SSSR count). The maximum Gasteiger partial charge on any atom is 0.647 e. The summed E-state index contributed by atoms with van der Waals surface area (Å²) in [7, 11) is -3.93. The van der Waals surface area contributed by atoms with Gasteiger partial charge in [-0.3, -0.25) is 0 Å². The van der Waals surface area contributed by atoms with Crippen molar-refractivity contribution in [1.82, 2.24) is 0 Å². The van der Waals surface area contributed by atoms with Gasteiger partial charge in [0.05, 0.1) is 11.1 Å². The Hall–Kier alpha value is -4.55. The number of benzene rings is 4. The maximum atomic E-state index is 13.3. The summed E-state index contributed by atoms with van der Waals surface area (Å²) in [4.78, 5) is 22.9. The molecule has 0 aliphatic carbocycles. The third-order valence-corrected chi connectivity index (χ3v) is 8.95. The van der Waals surface area contributed by atoms with E-state index in [0.29, 0.717) is 23.7 Å². The van der Waals surface area contributed by atoms with Gasteiger partial charge in [-0.05, 0) is 100 Å². The van der Waals surface area contributed by atoms with Crippen LogP contribution in [-0.4, -0.2) is 22.2 Å². The monoisotopic (exact) mass is 674 g/mol. The fourth-order valence-electron chi connectivity index (χ4n) is 4.99. The highest BCUT2D eigenvalue weighted by Gasteiger charge is 2.33. The van der Waals surface area contributed by atoms with Gasteiger partial charge >= 0.3 is 19.8 Å². The predicted molar refractivity (Wildman–Crippen MR) is 190 cm³/mol. The number of hydrogen-bond acceptors (Lipinski definition) is 6. The third-order valence-electron chi connectivity index (χ3n) is 7.65. The lowest BCUT2D eigenvalue weighted by molar-refractivity contribution is 0.0650. The van der Waals surface area contributed by atoms with E-state index in [2.05, 4.69) is 13.8 Å². The number of hydrogen-bond donors (Lipinski definition) is 2. The zero-order valence-corrected chi connectivity index (χ0v) is 29.4. The first-order valence-corrected chi connectivity index (χ1v) is 17.9. The predicted octanol–water partition coefficient (Wildman–Crippen LogP) is 10.8. The zero-order chi connectivity index (χ0) is 35.1. The summed E-state index contributed by atoms with van der Waals surface area (Å²) in [5, 5.41) is 18.7. The Morgan fingerprint density at radius 2 is 0.958 bits per heavy atom. The Morgan fingerprint density at radius 3 is 1.31 bits per heavy atom. The summed E-state index contributed by atoms with van der Waals surface area (Å²) in [6, 6.07) is 24.9. The molecule has 4 aromatic carbocycles. The average Bonchev–Trinajstić information content (AvgIpc) is 3.05. The van der Waals surface area contributed by atoms with E-state index in [-0.39, 0.29) is 11.1 Å². The molecule has 0 radical (unpaired) electrons. The highest BCUT2D eigenvalue weighted by Crippen LogP contribution is 2.49. The Bertz CT molecular complexity index is 1540. The van der Waals surface area contributed by atoms with Gasteiger partial charge in [0.1, 0.15) is 17.2 Å². The van der Waals surface area contributed by atoms with Crippen molar-refractivity contribution in [3.63, 3.8) is 0 Å². The Morgan fingerprint density at radius 1 is 0.562 bits per heavy atom. The van der Waals surface area contributed by atoms with E-state index in [1.807, 2.05) is 57.2 Å². The fourth-order valence-corrected chi connectivity index (χ4v) is 6.24. The molecule has 256 valence electrons. The summed E-state index contributed by atoms with van der Waals surface area (Å²) < 4.78 is 30.2. The van der Waals surface area contributed by atoms with Gasteiger partial charge in [0, 0.05) is 0 Å². The maximum absolute atomic E-state index is 13.3. The number of phosphoric ester groups is 1. The second kappa shape index (κ2) is 18.7. The molecule has 0 unspecified atom stereocenters. The summed E-state index contributed by atoms with van der Waals surface area (Å²) in [6.07, 6.45) is 7.61. The minimum Gasteiger partial charge on any atom is -0.478 e. The summed E-state index contributed by atoms with van der Waals surface area (Å²) in [6.45, 7) is 10.1. The normalized spacial score (nSPS) is 10.9. The molecule has 0 saturated carbocycles. The molecule has 0 amide bonds. The molecule has 0 aromatic heterocycles. The molecule has 9 heteroatoms. The van der Waals surface area contributed by atoms with Crippen molar-refractivity contribution >= 4 is 19.8 Å². The molecule has 2 N–H and O–H groups in total. The molecule has 0 heterocycles. The lowest BCUT2D eigenvalue weighted by atomic mass is 9.89. The van der Waals surface area contributed by atoms with Crippen LogP contribution in [0.3, 0.4) is 0 Å². The molecule has 0 bridgehead atoms. The Balaban J connectivity index is 0.000000265. The van der Waals surface area contributed by atoms with Crippen molar-refractivity contribution in [2.24, 2.45) is 0 Å². The first-order valence-electron chi connectivity index (χ1n) is 16.4. The number of carboxylic acid groups (broad SMARTS) is 2. The first-order chi connectivity index (χ1) is 22.9. The summed E-state index contributed by atoms with van der Waals surface area (Å²) in [5.41, 5.74) is 4.82. The van der Waals surface area contributed by atoms with Crippen LogP contribution in [0.15, 0.2) is 84.9 Å². The van der Waals surface area contributed by atoms with Gasteiger partial charge in [-0.2, -0.15) is 4.57 Å². The molecule has 0 saturated heterocycles. The second-order valence-electron chi connectivity index (χ2n) is 11.8. The summed E-state index contributed by atoms with van der Waals surface area (Å²) in [5.74, 6) is -1.06. The molecule has 4 aromatic rings. The van der Waals surface area contributed by atoms with Crippen LogP contribution in [0.4, 0.5) is 0 Å². The number of aryl methyl sites for hydroxylation is 4. The van der Waals surface area contributed by atoms with Crippen molar-refractivity contribution in [2.75, 3.05) is 0 Å². The van der Waals surface area contributed by atoms with E-state index >= 15 is 0 Å². The van der Waals surface area contributed by atoms with E-state index in [0.717, 1.165) is 72.8 Å². The van der Waals surface area contributed by atoms with Crippen LogP contribution in [0.5, 0.6) is 17.2 Å². The average molecular weight is 675 g/mol. The van der Waals surface area contributed by atoms with Gasteiger partial charge < -0.3 is 23.8 Å². The van der Waals surface area contributed by atoms with E-state index in [4.69, 9.17) is 13.6 Å². The number of rotatable bonds is 16. The van der Waals surface area contributed by atoms with Gasteiger partial charge in [-0.1, -0.05) is 98.7 Å². The number of aromatic carboxylic acids is 2. The van der Waals surface area contributed by atoms with Crippen molar-refractivity contribution in [3.8, 4) is 17.2 Å². The number of phosphoric acid groups is 1. The van der Waals surface area contributed by atoms with Gasteiger partial charge in [-0.15, -0.1) is 0 Å². The van der Waals surface area contributed by atoms with E-state index in [9.17, 15) is 24.4 Å². The minimum atomic E-state index is -3.93. The molecule has 0 aliphatic heterocycles. The Labute approximate surface area is 284 Å². The Kier molecular flexibility index (Phi) is 14.8. The highest BCUT2D eigenvalue weighted by molar-refractivity contribution is 7.49. The van der Waals surface area contributed by atoms with Crippen molar-refractivity contribution in [3.05, 3.63) is 124 Å². The lowest BCUT2D eigenvalue weighted by Gasteiger charge is -2.19. The topological polar surface area (TPSA) is 119 Å². The van der Waals surface area contributed by atoms with Gasteiger partial charge in [0.15, 0.2) is 0 Å². The number of unbranched alkanes of at least 4 members (excludes halogenated alkanes) is 4. The summed E-state index contributed by atoms with van der Waals surface area (Å²) >= 11 is 0. The molecule has 0 atom stereocenters. The van der Waals surface area contributed by atoms with Gasteiger partial charge in [0.25, 0.3) is 0 Å². The molecule has 48 heavy (non-hydrogen) atoms. The number of carboxylic acids is 2. The zero-order valence-electron chi connectivity index (χ0n) is 28.5. The molecule has 0 fully saturated rings. The fraction of sp³-hybridized carbons (Fsp3) is 0.333. The van der Waals surface area contributed by atoms with Crippen molar-refractivity contribution < 1.29 is 37.9 Å². The van der Waals surface area contributed by atoms with Crippen LogP contribution in [-0.2, 0) is 17.4 Å². The largest absolute Gasteiger partial charge is 0.647 e. The van der Waals surface area contributed by atoms with Crippen molar-refractivity contribution in [2.45, 2.75) is 86.0 Å². The molecule has 8 nitrogen and oxygen atoms in total. The molecular weight excluding hydrogens is 627 g/mol.